The van der Waals surface area contributed by atoms with Gasteiger partial charge in [0.15, 0.2) is 11.6 Å². The molecule has 0 amide bonds. The first kappa shape index (κ1) is 27.0. The highest BCUT2D eigenvalue weighted by Crippen LogP contribution is 2.40. The number of halogens is 5. The molecule has 2 nitrogen and oxygen atoms in total. The molecule has 198 valence electrons. The predicted octanol–water partition coefficient (Wildman–Crippen LogP) is 9.86. The molecule has 0 saturated heterocycles. The number of alkyl halides is 3. The fraction of sp³-hybridized carbons (Fsp3) is 0.400. The Balaban J connectivity index is 1.58. The molecule has 3 aromatic carbocycles. The van der Waals surface area contributed by atoms with Gasteiger partial charge in [0, 0.05) is 11.1 Å². The van der Waals surface area contributed by atoms with Gasteiger partial charge in [0.25, 0.3) is 0 Å². The van der Waals surface area contributed by atoms with Gasteiger partial charge in [-0.2, -0.15) is 0 Å². The molecule has 0 atom stereocenters. The van der Waals surface area contributed by atoms with Crippen molar-refractivity contribution in [2.24, 2.45) is 11.8 Å². The minimum absolute atomic E-state index is 0.0256. The molecule has 0 aromatic heterocycles. The van der Waals surface area contributed by atoms with Gasteiger partial charge in [0.1, 0.15) is 17.3 Å². The zero-order valence-electron chi connectivity index (χ0n) is 20.8. The van der Waals surface area contributed by atoms with E-state index in [1.54, 1.807) is 30.3 Å². The van der Waals surface area contributed by atoms with Crippen LogP contribution in [-0.2, 0) is 6.42 Å². The molecule has 0 aliphatic heterocycles. The molecule has 4 rings (SSSR count). The summed E-state index contributed by atoms with van der Waals surface area (Å²) in [6.07, 6.45) is 3.03. The third-order valence-corrected chi connectivity index (χ3v) is 7.10. The SMILES string of the molecule is CCCC1CCC(CCc2c(F)cc(-c3ccccc3)c(Oc3ccc(OC(F)(F)F)cc3)c2F)CC1. The van der Waals surface area contributed by atoms with Crippen LogP contribution in [0, 0.1) is 23.5 Å². The van der Waals surface area contributed by atoms with Crippen LogP contribution in [0.4, 0.5) is 22.0 Å². The highest BCUT2D eigenvalue weighted by Gasteiger charge is 2.31. The zero-order valence-corrected chi connectivity index (χ0v) is 20.8. The van der Waals surface area contributed by atoms with Crippen molar-refractivity contribution < 1.29 is 31.4 Å². The maximum absolute atomic E-state index is 15.8. The fourth-order valence-corrected chi connectivity index (χ4v) is 5.19. The summed E-state index contributed by atoms with van der Waals surface area (Å²) in [5.74, 6) is -0.682. The molecule has 0 bridgehead atoms. The molecule has 1 fully saturated rings. The third kappa shape index (κ3) is 7.24. The van der Waals surface area contributed by atoms with E-state index in [0.29, 0.717) is 17.9 Å². The number of rotatable bonds is 9. The quantitative estimate of drug-likeness (QED) is 0.263. The molecule has 0 spiro atoms. The van der Waals surface area contributed by atoms with Crippen LogP contribution in [0.25, 0.3) is 11.1 Å². The first-order valence-corrected chi connectivity index (χ1v) is 12.8. The third-order valence-electron chi connectivity index (χ3n) is 7.10. The molecule has 0 heterocycles. The van der Waals surface area contributed by atoms with Gasteiger partial charge < -0.3 is 9.47 Å². The van der Waals surface area contributed by atoms with Crippen molar-refractivity contribution in [3.63, 3.8) is 0 Å². The van der Waals surface area contributed by atoms with Gasteiger partial charge >= 0.3 is 6.36 Å². The van der Waals surface area contributed by atoms with E-state index in [9.17, 15) is 13.2 Å². The lowest BCUT2D eigenvalue weighted by molar-refractivity contribution is -0.274. The second-order valence-electron chi connectivity index (χ2n) is 9.73. The first-order chi connectivity index (χ1) is 17.7. The largest absolute Gasteiger partial charge is 0.573 e. The van der Waals surface area contributed by atoms with E-state index in [0.717, 1.165) is 30.9 Å². The minimum atomic E-state index is -4.82. The topological polar surface area (TPSA) is 18.5 Å². The Morgan fingerprint density at radius 2 is 1.41 bits per heavy atom. The summed E-state index contributed by atoms with van der Waals surface area (Å²) in [7, 11) is 0. The van der Waals surface area contributed by atoms with Crippen molar-refractivity contribution in [1.29, 1.82) is 0 Å². The maximum atomic E-state index is 15.8. The molecular weight excluding hydrogens is 487 g/mol. The van der Waals surface area contributed by atoms with E-state index < -0.39 is 23.7 Å². The van der Waals surface area contributed by atoms with Crippen molar-refractivity contribution in [2.45, 2.75) is 64.7 Å². The molecule has 37 heavy (non-hydrogen) atoms. The van der Waals surface area contributed by atoms with E-state index >= 15 is 8.78 Å². The lowest BCUT2D eigenvalue weighted by Gasteiger charge is -2.28. The molecule has 1 aliphatic rings. The van der Waals surface area contributed by atoms with Crippen molar-refractivity contribution in [3.8, 4) is 28.4 Å². The Labute approximate surface area is 214 Å². The van der Waals surface area contributed by atoms with Gasteiger partial charge in [-0.25, -0.2) is 8.78 Å². The number of ether oxygens (including phenoxy) is 2. The van der Waals surface area contributed by atoms with Crippen molar-refractivity contribution in [3.05, 3.63) is 77.9 Å². The lowest BCUT2D eigenvalue weighted by Crippen LogP contribution is -2.16. The molecule has 7 heteroatoms. The van der Waals surface area contributed by atoms with Crippen LogP contribution in [-0.4, -0.2) is 6.36 Å². The fourth-order valence-electron chi connectivity index (χ4n) is 5.19. The van der Waals surface area contributed by atoms with E-state index in [2.05, 4.69) is 11.7 Å². The van der Waals surface area contributed by atoms with Crippen molar-refractivity contribution in [1.82, 2.24) is 0 Å². The van der Waals surface area contributed by atoms with Crippen LogP contribution in [0.1, 0.15) is 57.4 Å². The predicted molar refractivity (Wildman–Crippen MR) is 134 cm³/mol. The zero-order chi connectivity index (χ0) is 26.4. The molecule has 1 aliphatic carbocycles. The van der Waals surface area contributed by atoms with Crippen LogP contribution >= 0.6 is 0 Å². The monoisotopic (exact) mass is 518 g/mol. The maximum Gasteiger partial charge on any atom is 0.573 e. The summed E-state index contributed by atoms with van der Waals surface area (Å²) in [5, 5.41) is 0. The van der Waals surface area contributed by atoms with Crippen LogP contribution in [0.15, 0.2) is 60.7 Å². The highest BCUT2D eigenvalue weighted by molar-refractivity contribution is 5.72. The molecular formula is C30H31F5O2. The van der Waals surface area contributed by atoms with Gasteiger partial charge in [0.05, 0.1) is 0 Å². The standard InChI is InChI=1S/C30H31F5O2/c1-2-6-20-9-11-21(12-10-20)13-18-25-27(31)19-26(22-7-4-3-5-8-22)29(28(25)32)36-23-14-16-24(17-15-23)37-30(33,34)35/h3-5,7-8,14-17,19-21H,2,6,9-13,18H2,1H3. The summed E-state index contributed by atoms with van der Waals surface area (Å²) < 4.78 is 78.2. The summed E-state index contributed by atoms with van der Waals surface area (Å²) in [6, 6.07) is 14.7. The van der Waals surface area contributed by atoms with Gasteiger partial charge in [0.2, 0.25) is 0 Å². The normalized spacial score (nSPS) is 18.0. The van der Waals surface area contributed by atoms with E-state index in [1.807, 2.05) is 0 Å². The number of benzene rings is 3. The Bertz CT molecular complexity index is 1150. The average Bonchev–Trinajstić information content (AvgIpc) is 2.87. The van der Waals surface area contributed by atoms with Crippen LogP contribution in [0.2, 0.25) is 0 Å². The van der Waals surface area contributed by atoms with Gasteiger partial charge in [-0.15, -0.1) is 13.2 Å². The van der Waals surface area contributed by atoms with Crippen LogP contribution in [0.3, 0.4) is 0 Å². The van der Waals surface area contributed by atoms with Crippen LogP contribution < -0.4 is 9.47 Å². The Morgan fingerprint density at radius 1 is 0.811 bits per heavy atom. The van der Waals surface area contributed by atoms with Crippen LogP contribution in [0.5, 0.6) is 17.2 Å². The summed E-state index contributed by atoms with van der Waals surface area (Å²) >= 11 is 0. The smallest absolute Gasteiger partial charge is 0.454 e. The molecule has 1 saturated carbocycles. The number of hydrogen-bond acceptors (Lipinski definition) is 2. The Hall–Kier alpha value is -3.09. The second-order valence-corrected chi connectivity index (χ2v) is 9.73. The molecule has 3 aromatic rings. The highest BCUT2D eigenvalue weighted by atomic mass is 19.4. The molecule has 0 radical (unpaired) electrons. The lowest BCUT2D eigenvalue weighted by atomic mass is 9.78. The van der Waals surface area contributed by atoms with E-state index in [4.69, 9.17) is 4.74 Å². The summed E-state index contributed by atoms with van der Waals surface area (Å²) in [4.78, 5) is 0. The average molecular weight is 519 g/mol. The van der Waals surface area contributed by atoms with E-state index in [-0.39, 0.29) is 29.0 Å². The Morgan fingerprint density at radius 3 is 2.00 bits per heavy atom. The van der Waals surface area contributed by atoms with Gasteiger partial charge in [-0.1, -0.05) is 75.8 Å². The van der Waals surface area contributed by atoms with Crippen molar-refractivity contribution >= 4 is 0 Å². The first-order valence-electron chi connectivity index (χ1n) is 12.8. The van der Waals surface area contributed by atoms with Crippen molar-refractivity contribution in [2.75, 3.05) is 0 Å². The number of hydrogen-bond donors (Lipinski definition) is 0. The van der Waals surface area contributed by atoms with Gasteiger partial charge in [-0.3, -0.25) is 0 Å². The second kappa shape index (κ2) is 12.0. The Kier molecular flexibility index (Phi) is 8.72. The minimum Gasteiger partial charge on any atom is -0.454 e. The van der Waals surface area contributed by atoms with E-state index in [1.165, 1.54) is 43.9 Å². The molecule has 0 unspecified atom stereocenters. The summed E-state index contributed by atoms with van der Waals surface area (Å²) in [6.45, 7) is 2.20. The summed E-state index contributed by atoms with van der Waals surface area (Å²) in [5.41, 5.74) is 0.769. The molecule has 0 N–H and O–H groups in total. The van der Waals surface area contributed by atoms with Gasteiger partial charge in [-0.05, 0) is 60.6 Å².